The Morgan fingerprint density at radius 1 is 1.19 bits per heavy atom. The maximum Gasteiger partial charge on any atom is 0.234 e. The van der Waals surface area contributed by atoms with E-state index in [1.54, 1.807) is 14.2 Å². The van der Waals surface area contributed by atoms with Gasteiger partial charge in [-0.25, -0.2) is 4.99 Å². The first-order valence-electron chi connectivity index (χ1n) is 8.78. The van der Waals surface area contributed by atoms with E-state index in [0.717, 1.165) is 22.4 Å². The number of nitrogens with zero attached hydrogens (tertiary/aromatic N) is 2. The SMILES string of the molecule is CC[C@@H]1C(=O)N(C)C(N)=N[C@]1(C)c1cccc(-c2cccc(OC)c2)c1. The van der Waals surface area contributed by atoms with Crippen LogP contribution in [0, 0.1) is 5.92 Å². The van der Waals surface area contributed by atoms with Crippen molar-refractivity contribution in [3.8, 4) is 16.9 Å². The van der Waals surface area contributed by atoms with E-state index in [2.05, 4.69) is 6.07 Å². The van der Waals surface area contributed by atoms with E-state index in [-0.39, 0.29) is 17.8 Å². The molecule has 0 fully saturated rings. The molecule has 2 N–H and O–H groups in total. The number of benzene rings is 2. The molecular weight excluding hydrogens is 326 g/mol. The van der Waals surface area contributed by atoms with Gasteiger partial charge in [0.05, 0.1) is 18.6 Å². The van der Waals surface area contributed by atoms with Gasteiger partial charge in [0.2, 0.25) is 5.91 Å². The van der Waals surface area contributed by atoms with Gasteiger partial charge in [0.1, 0.15) is 5.75 Å². The monoisotopic (exact) mass is 351 g/mol. The molecule has 0 unspecified atom stereocenters. The molecule has 1 heterocycles. The second kappa shape index (κ2) is 6.83. The van der Waals surface area contributed by atoms with Gasteiger partial charge >= 0.3 is 0 Å². The predicted molar refractivity (Wildman–Crippen MR) is 104 cm³/mol. The first-order valence-corrected chi connectivity index (χ1v) is 8.78. The lowest BCUT2D eigenvalue weighted by molar-refractivity contribution is -0.134. The molecule has 0 saturated heterocycles. The van der Waals surface area contributed by atoms with Gasteiger partial charge in [0.15, 0.2) is 5.96 Å². The van der Waals surface area contributed by atoms with Crippen molar-refractivity contribution in [3.63, 3.8) is 0 Å². The molecule has 0 aliphatic carbocycles. The van der Waals surface area contributed by atoms with Crippen LogP contribution >= 0.6 is 0 Å². The van der Waals surface area contributed by atoms with Crippen LogP contribution in [0.2, 0.25) is 0 Å². The highest BCUT2D eigenvalue weighted by Crippen LogP contribution is 2.40. The van der Waals surface area contributed by atoms with E-state index >= 15 is 0 Å². The van der Waals surface area contributed by atoms with E-state index in [1.807, 2.05) is 56.3 Å². The summed E-state index contributed by atoms with van der Waals surface area (Å²) in [4.78, 5) is 18.9. The molecule has 136 valence electrons. The second-order valence-corrected chi connectivity index (χ2v) is 6.79. The zero-order chi connectivity index (χ0) is 18.9. The van der Waals surface area contributed by atoms with Gasteiger partial charge in [-0.2, -0.15) is 0 Å². The van der Waals surface area contributed by atoms with Crippen molar-refractivity contribution >= 4 is 11.9 Å². The first kappa shape index (κ1) is 18.0. The quantitative estimate of drug-likeness (QED) is 0.918. The summed E-state index contributed by atoms with van der Waals surface area (Å²) >= 11 is 0. The van der Waals surface area contributed by atoms with Crippen LogP contribution in [0.1, 0.15) is 25.8 Å². The highest BCUT2D eigenvalue weighted by molar-refractivity contribution is 6.00. The van der Waals surface area contributed by atoms with Gasteiger partial charge in [-0.1, -0.05) is 37.3 Å². The Labute approximate surface area is 154 Å². The molecular formula is C21H25N3O2. The number of guanidine groups is 1. The first-order chi connectivity index (χ1) is 12.4. The van der Waals surface area contributed by atoms with E-state index < -0.39 is 5.54 Å². The normalized spacial score (nSPS) is 22.9. The number of amides is 1. The Kier molecular flexibility index (Phi) is 4.72. The van der Waals surface area contributed by atoms with Gasteiger partial charge in [0.25, 0.3) is 0 Å². The fourth-order valence-electron chi connectivity index (χ4n) is 3.63. The molecule has 0 saturated carbocycles. The molecule has 26 heavy (non-hydrogen) atoms. The van der Waals surface area contributed by atoms with Crippen molar-refractivity contribution in [3.05, 3.63) is 54.1 Å². The molecule has 0 spiro atoms. The van der Waals surface area contributed by atoms with Crippen LogP contribution in [-0.4, -0.2) is 30.9 Å². The van der Waals surface area contributed by atoms with Crippen LogP contribution in [0.25, 0.3) is 11.1 Å². The third-order valence-corrected chi connectivity index (χ3v) is 5.26. The summed E-state index contributed by atoms with van der Waals surface area (Å²) in [7, 11) is 3.33. The zero-order valence-corrected chi connectivity index (χ0v) is 15.7. The van der Waals surface area contributed by atoms with E-state index in [4.69, 9.17) is 15.5 Å². The van der Waals surface area contributed by atoms with Crippen molar-refractivity contribution in [1.82, 2.24) is 4.90 Å². The zero-order valence-electron chi connectivity index (χ0n) is 15.7. The Morgan fingerprint density at radius 2 is 1.85 bits per heavy atom. The van der Waals surface area contributed by atoms with Crippen LogP contribution < -0.4 is 10.5 Å². The molecule has 5 heteroatoms. The summed E-state index contributed by atoms with van der Waals surface area (Å²) in [6, 6.07) is 16.1. The topological polar surface area (TPSA) is 67.9 Å². The molecule has 1 aliphatic rings. The number of methoxy groups -OCH3 is 1. The van der Waals surface area contributed by atoms with E-state index in [9.17, 15) is 4.79 Å². The van der Waals surface area contributed by atoms with Gasteiger partial charge in [0, 0.05) is 7.05 Å². The molecule has 1 amide bonds. The third-order valence-electron chi connectivity index (χ3n) is 5.26. The molecule has 2 atom stereocenters. The van der Waals surface area contributed by atoms with Crippen molar-refractivity contribution in [1.29, 1.82) is 0 Å². The molecule has 2 aromatic rings. The summed E-state index contributed by atoms with van der Waals surface area (Å²) in [5, 5.41) is 0. The number of hydrogen-bond acceptors (Lipinski definition) is 4. The smallest absolute Gasteiger partial charge is 0.234 e. The van der Waals surface area contributed by atoms with Crippen LogP contribution in [0.4, 0.5) is 0 Å². The molecule has 0 radical (unpaired) electrons. The van der Waals surface area contributed by atoms with E-state index in [0.29, 0.717) is 6.42 Å². The fourth-order valence-corrected chi connectivity index (χ4v) is 3.63. The molecule has 5 nitrogen and oxygen atoms in total. The average molecular weight is 351 g/mol. The summed E-state index contributed by atoms with van der Waals surface area (Å²) in [6.45, 7) is 4.00. The van der Waals surface area contributed by atoms with Gasteiger partial charge in [-0.05, 0) is 48.2 Å². The number of ether oxygens (including phenoxy) is 1. The number of nitrogens with two attached hydrogens (primary N) is 1. The Hall–Kier alpha value is -2.82. The molecule has 0 bridgehead atoms. The minimum atomic E-state index is -0.683. The standard InChI is InChI=1S/C21H25N3O2/c1-5-18-19(25)24(3)20(22)23-21(18,2)16-10-6-8-14(12-16)15-9-7-11-17(13-15)26-4/h6-13,18H,5H2,1-4H3,(H2,22,23)/t18-,21-/m1/s1. The molecule has 2 aromatic carbocycles. The minimum absolute atomic E-state index is 0.00860. The number of carbonyl (C=O) groups is 1. The Balaban J connectivity index is 2.10. The van der Waals surface area contributed by atoms with Crippen LogP contribution in [0.5, 0.6) is 5.75 Å². The maximum atomic E-state index is 12.7. The van der Waals surface area contributed by atoms with Crippen LogP contribution in [0.3, 0.4) is 0 Å². The Morgan fingerprint density at radius 3 is 2.50 bits per heavy atom. The van der Waals surface area contributed by atoms with Crippen molar-refractivity contribution < 1.29 is 9.53 Å². The number of rotatable bonds is 4. The summed E-state index contributed by atoms with van der Waals surface area (Å²) in [5.41, 5.74) is 8.43. The van der Waals surface area contributed by atoms with E-state index in [1.165, 1.54) is 4.90 Å². The van der Waals surface area contributed by atoms with Crippen molar-refractivity contribution in [2.45, 2.75) is 25.8 Å². The Bertz CT molecular complexity index is 862. The van der Waals surface area contributed by atoms with Crippen LogP contribution in [0.15, 0.2) is 53.5 Å². The van der Waals surface area contributed by atoms with Gasteiger partial charge < -0.3 is 10.5 Å². The predicted octanol–water partition coefficient (Wildman–Crippen LogP) is 3.39. The summed E-state index contributed by atoms with van der Waals surface area (Å²) in [6.07, 6.45) is 0.694. The highest BCUT2D eigenvalue weighted by atomic mass is 16.5. The largest absolute Gasteiger partial charge is 0.497 e. The average Bonchev–Trinajstić information content (AvgIpc) is 2.67. The lowest BCUT2D eigenvalue weighted by Crippen LogP contribution is -2.53. The lowest BCUT2D eigenvalue weighted by atomic mass is 9.76. The number of aliphatic imine (C=N–C) groups is 1. The summed E-state index contributed by atoms with van der Waals surface area (Å²) in [5.74, 6) is 0.825. The van der Waals surface area contributed by atoms with Crippen molar-refractivity contribution in [2.75, 3.05) is 14.2 Å². The van der Waals surface area contributed by atoms with Gasteiger partial charge in [-0.15, -0.1) is 0 Å². The highest BCUT2D eigenvalue weighted by Gasteiger charge is 2.45. The maximum absolute atomic E-state index is 12.7. The van der Waals surface area contributed by atoms with Crippen LogP contribution in [-0.2, 0) is 10.3 Å². The fraction of sp³-hybridized carbons (Fsp3) is 0.333. The molecule has 0 aromatic heterocycles. The molecule has 1 aliphatic heterocycles. The third kappa shape index (κ3) is 2.94. The number of carbonyl (C=O) groups excluding carboxylic acids is 1. The number of hydrogen-bond donors (Lipinski definition) is 1. The van der Waals surface area contributed by atoms with Gasteiger partial charge in [-0.3, -0.25) is 9.69 Å². The van der Waals surface area contributed by atoms with Crippen molar-refractivity contribution in [2.24, 2.45) is 16.6 Å². The summed E-state index contributed by atoms with van der Waals surface area (Å²) < 4.78 is 5.33. The second-order valence-electron chi connectivity index (χ2n) is 6.79. The molecule has 3 rings (SSSR count). The minimum Gasteiger partial charge on any atom is -0.497 e. The lowest BCUT2D eigenvalue weighted by Gasteiger charge is -2.40.